The van der Waals surface area contributed by atoms with Gasteiger partial charge in [0.1, 0.15) is 64.0 Å². The summed E-state index contributed by atoms with van der Waals surface area (Å²) in [6.45, 7) is 0. The summed E-state index contributed by atoms with van der Waals surface area (Å²) in [6, 6.07) is 9.67. The van der Waals surface area contributed by atoms with E-state index in [9.17, 15) is 122 Å². The average Bonchev–Trinajstić information content (AvgIpc) is 0.745. The van der Waals surface area contributed by atoms with Gasteiger partial charge < -0.3 is 136 Å². The zero-order valence-corrected chi connectivity index (χ0v) is 49.0. The largest absolute Gasteiger partial charge is 0.507 e. The Morgan fingerprint density at radius 3 is 0.978 bits per heavy atom. The van der Waals surface area contributed by atoms with E-state index in [1.165, 1.54) is 0 Å². The van der Waals surface area contributed by atoms with Crippen LogP contribution in [0.2, 0.25) is 0 Å². The molecule has 31 heteroatoms. The van der Waals surface area contributed by atoms with E-state index in [1.54, 1.807) is 22.6 Å². The molecule has 0 fully saturated rings. The molecule has 6 atom stereocenters. The molecule has 0 radical (unpaired) electrons. The van der Waals surface area contributed by atoms with Crippen molar-refractivity contribution in [3.63, 3.8) is 0 Å². The quantitative estimate of drug-likeness (QED) is 0.0206. The first kappa shape index (κ1) is 62.7. The smallest absolute Gasteiger partial charge is 0.338 e. The second kappa shape index (κ2) is 23.5. The van der Waals surface area contributed by atoms with Crippen LogP contribution in [0.3, 0.4) is 0 Å². The summed E-state index contributed by atoms with van der Waals surface area (Å²) >= 11 is 1.71. The van der Waals surface area contributed by atoms with Crippen molar-refractivity contribution in [2.45, 2.75) is 66.7 Å². The number of carbonyl (C=O) groups excluding carboxylic acids is 3. The lowest BCUT2D eigenvalue weighted by Gasteiger charge is -2.37. The first-order valence-electron chi connectivity index (χ1n) is 27.1. The number of esters is 3. The molecule has 0 spiro atoms. The number of rotatable bonds is 12. The van der Waals surface area contributed by atoms with Crippen LogP contribution in [0.25, 0.3) is 0 Å². The lowest BCUT2D eigenvalue weighted by molar-refractivity contribution is -0.0194. The van der Waals surface area contributed by atoms with Gasteiger partial charge in [0.25, 0.3) is 0 Å². The monoisotopic (exact) mass is 1400 g/mol. The summed E-state index contributed by atoms with van der Waals surface area (Å²) in [6.07, 6.45) is -11.7. The lowest BCUT2D eigenvalue weighted by atomic mass is 9.85. The van der Waals surface area contributed by atoms with Gasteiger partial charge in [-0.1, -0.05) is 0 Å². The second-order valence-corrected chi connectivity index (χ2v) is 22.8. The van der Waals surface area contributed by atoms with E-state index in [0.29, 0.717) is 12.1 Å². The topological polar surface area (TPSA) is 531 Å². The van der Waals surface area contributed by atoms with Gasteiger partial charge in [0.2, 0.25) is 0 Å². The van der Waals surface area contributed by atoms with Crippen molar-refractivity contribution in [1.29, 1.82) is 0 Å². The maximum absolute atomic E-state index is 14.1. The number of benzene rings is 8. The van der Waals surface area contributed by atoms with Crippen LogP contribution >= 0.6 is 22.6 Å². The molecular formula is C62H49IO30. The van der Waals surface area contributed by atoms with Gasteiger partial charge in [-0.2, -0.15) is 0 Å². The van der Waals surface area contributed by atoms with Gasteiger partial charge in [0.15, 0.2) is 109 Å². The molecule has 8 aromatic carbocycles. The van der Waals surface area contributed by atoms with Crippen LogP contribution in [0.4, 0.5) is 0 Å². The highest BCUT2D eigenvalue weighted by molar-refractivity contribution is 14.1. The molecule has 3 aliphatic heterocycles. The fourth-order valence-electron chi connectivity index (χ4n) is 11.1. The third-order valence-corrected chi connectivity index (χ3v) is 16.8. The van der Waals surface area contributed by atoms with E-state index in [2.05, 4.69) is 0 Å². The van der Waals surface area contributed by atoms with Gasteiger partial charge in [-0.05, 0) is 83.3 Å². The van der Waals surface area contributed by atoms with E-state index in [0.717, 1.165) is 60.7 Å². The fraction of sp³-hybridized carbons (Fsp3) is 0.177. The molecule has 3 heterocycles. The molecule has 0 aromatic heterocycles. The van der Waals surface area contributed by atoms with Crippen molar-refractivity contribution in [3.8, 4) is 138 Å². The van der Waals surface area contributed by atoms with E-state index in [4.69, 9.17) is 28.4 Å². The Bertz CT molecular complexity index is 4370. The molecule has 484 valence electrons. The molecule has 21 N–H and O–H groups in total. The number of alkyl halides is 1. The highest BCUT2D eigenvalue weighted by Crippen LogP contribution is 2.56. The zero-order chi connectivity index (χ0) is 67.2. The molecular weight excluding hydrogens is 1350 g/mol. The predicted octanol–water partition coefficient (Wildman–Crippen LogP) is 6.41. The Hall–Kier alpha value is -11.9. The molecule has 11 rings (SSSR count). The number of halogens is 1. The highest BCUT2D eigenvalue weighted by atomic mass is 127. The lowest BCUT2D eigenvalue weighted by Crippen LogP contribution is -2.37. The number of aromatic hydroxyl groups is 21. The van der Waals surface area contributed by atoms with Crippen molar-refractivity contribution in [2.24, 2.45) is 0 Å². The number of carbonyl (C=O) groups is 3. The fourth-order valence-corrected chi connectivity index (χ4v) is 11.7. The molecule has 0 saturated heterocycles. The normalized spacial score (nSPS) is 17.9. The van der Waals surface area contributed by atoms with Crippen molar-refractivity contribution < 1.29 is 150 Å². The Morgan fingerprint density at radius 2 is 0.613 bits per heavy atom. The molecule has 0 saturated carbocycles. The molecule has 0 aliphatic carbocycles. The van der Waals surface area contributed by atoms with Crippen LogP contribution in [0, 0.1) is 0 Å². The third kappa shape index (κ3) is 11.3. The van der Waals surface area contributed by atoms with E-state index in [1.807, 2.05) is 0 Å². The molecule has 0 unspecified atom stereocenters. The zero-order valence-electron chi connectivity index (χ0n) is 46.9. The Labute approximate surface area is 532 Å². The molecule has 93 heavy (non-hydrogen) atoms. The standard InChI is InChI=1S/C62H49IO30/c63-59-46(90-62(87)22-9-42(76)53(84)43(77)10-22)14-26-33(67)16-30(64)23(57(26)93-59)11-27-47(78)28(58-29(48(27)79)15-45(55(92-58)19-3-36(70)50(81)37(71)4-19)89-61(86)21-7-40(74)52(83)41(75)8-21)12-24-31(65)17-32(66)25-13-44(88-60(85)20-5-38(72)51(82)39(73)6-20)54(91-56(24)25)18-1-34(68)49(80)35(69)2-18/h1-10,16-17,44-46,54-55,59,64-84H,11-15H2/t44-,45-,46-,54-,55-,59+/m1/s1. The molecule has 0 amide bonds. The maximum Gasteiger partial charge on any atom is 0.338 e. The van der Waals surface area contributed by atoms with Crippen LogP contribution in [-0.2, 0) is 46.3 Å². The van der Waals surface area contributed by atoms with Gasteiger partial charge in [0, 0.05) is 94.3 Å². The van der Waals surface area contributed by atoms with Crippen LogP contribution in [0.1, 0.15) is 93.4 Å². The first-order valence-corrected chi connectivity index (χ1v) is 28.4. The van der Waals surface area contributed by atoms with Crippen molar-refractivity contribution >= 4 is 40.5 Å². The number of fused-ring (bicyclic) bond motifs is 3. The predicted molar refractivity (Wildman–Crippen MR) is 316 cm³/mol. The Kier molecular flexibility index (Phi) is 15.8. The third-order valence-electron chi connectivity index (χ3n) is 15.7. The van der Waals surface area contributed by atoms with Gasteiger partial charge in [-0.15, -0.1) is 0 Å². The van der Waals surface area contributed by atoms with Gasteiger partial charge in [-0.25, -0.2) is 14.4 Å². The minimum absolute atomic E-state index is 0.127. The van der Waals surface area contributed by atoms with Crippen molar-refractivity contribution in [2.75, 3.05) is 0 Å². The number of hydrogen-bond acceptors (Lipinski definition) is 30. The highest BCUT2D eigenvalue weighted by Gasteiger charge is 2.44. The van der Waals surface area contributed by atoms with E-state index in [-0.39, 0.29) is 45.6 Å². The molecule has 0 bridgehead atoms. The van der Waals surface area contributed by atoms with E-state index < -0.39 is 244 Å². The SMILES string of the molecule is O=C(O[C@@H]1Cc2c(O)cc(O)c(Cc3c(O)c(Cc4c(O)cc(O)c5c4O[C@H](I)[C@H](OC(=O)c4cc(O)c(O)c(O)c4)C5)c(O)c4c3O[C@H](c3cc(O)c(O)c(O)c3)[C@H](OC(=O)c3cc(O)c(O)c(O)c3)C4)c2O[C@@H]1c1cc(O)c(O)c(O)c1)c1cc(O)c(O)c(O)c1. The first-order chi connectivity index (χ1) is 43.9. The van der Waals surface area contributed by atoms with Crippen molar-refractivity contribution in [1.82, 2.24) is 0 Å². The van der Waals surface area contributed by atoms with Gasteiger partial charge in [0.05, 0.1) is 16.7 Å². The number of phenols is 21. The Balaban J connectivity index is 1.07. The Morgan fingerprint density at radius 1 is 0.323 bits per heavy atom. The molecule has 8 aromatic rings. The minimum atomic E-state index is -1.80. The summed E-state index contributed by atoms with van der Waals surface area (Å²) in [7, 11) is 0. The molecule has 30 nitrogen and oxygen atoms in total. The van der Waals surface area contributed by atoms with E-state index >= 15 is 0 Å². The maximum atomic E-state index is 14.1. The molecule has 3 aliphatic rings. The summed E-state index contributed by atoms with van der Waals surface area (Å²) in [5, 5.41) is 227. The van der Waals surface area contributed by atoms with Crippen LogP contribution < -0.4 is 14.2 Å². The number of hydrogen-bond donors (Lipinski definition) is 21. The summed E-state index contributed by atoms with van der Waals surface area (Å²) < 4.78 is 35.3. The minimum Gasteiger partial charge on any atom is -0.507 e. The van der Waals surface area contributed by atoms with Crippen molar-refractivity contribution in [3.05, 3.63) is 140 Å². The van der Waals surface area contributed by atoms with Crippen LogP contribution in [0.15, 0.2) is 72.8 Å². The van der Waals surface area contributed by atoms with Crippen LogP contribution in [-0.4, -0.2) is 148 Å². The number of ether oxygens (including phenoxy) is 6. The second-order valence-electron chi connectivity index (χ2n) is 21.6. The number of phenolic OH excluding ortho intramolecular Hbond substituents is 21. The summed E-state index contributed by atoms with van der Waals surface area (Å²) in [5.41, 5.74) is -4.56. The average molecular weight is 1400 g/mol. The van der Waals surface area contributed by atoms with Gasteiger partial charge in [-0.3, -0.25) is 0 Å². The van der Waals surface area contributed by atoms with Gasteiger partial charge >= 0.3 is 17.9 Å². The summed E-state index contributed by atoms with van der Waals surface area (Å²) in [5.74, 6) is -24.2. The van der Waals surface area contributed by atoms with Crippen LogP contribution in [0.5, 0.6) is 138 Å². The summed E-state index contributed by atoms with van der Waals surface area (Å²) in [4.78, 5) is 41.2.